The van der Waals surface area contributed by atoms with Crippen LogP contribution in [0.3, 0.4) is 0 Å². The van der Waals surface area contributed by atoms with Gasteiger partial charge >= 0.3 is 12.6 Å². The van der Waals surface area contributed by atoms with E-state index in [1.165, 1.54) is 35.6 Å². The second kappa shape index (κ2) is 6.50. The van der Waals surface area contributed by atoms with Gasteiger partial charge in [-0.1, -0.05) is 23.7 Å². The van der Waals surface area contributed by atoms with E-state index in [2.05, 4.69) is 14.7 Å². The second-order valence-corrected chi connectivity index (χ2v) is 6.29. The Morgan fingerprint density at radius 1 is 1.35 bits per heavy atom. The number of carbonyl (C=O) groups excluding carboxylic acids is 1. The molecule has 0 unspecified atom stereocenters. The second-order valence-electron chi connectivity index (χ2n) is 5.05. The molecule has 3 aromatic rings. The quantitative estimate of drug-likeness (QED) is 0.495. The van der Waals surface area contributed by atoms with Gasteiger partial charge < -0.3 is 9.47 Å². The number of alkyl halides is 2. The topological polar surface area (TPSA) is 65.2 Å². The van der Waals surface area contributed by atoms with E-state index in [0.29, 0.717) is 10.7 Å². The molecule has 0 saturated carbocycles. The fourth-order valence-corrected chi connectivity index (χ4v) is 3.40. The maximum absolute atomic E-state index is 12.6. The predicted molar refractivity (Wildman–Crippen MR) is 91.8 cm³/mol. The molecule has 0 spiro atoms. The van der Waals surface area contributed by atoms with Crippen molar-refractivity contribution in [3.63, 3.8) is 0 Å². The van der Waals surface area contributed by atoms with Gasteiger partial charge in [0.05, 0.1) is 11.3 Å². The molecule has 4 rings (SSSR count). The molecule has 6 nitrogen and oxygen atoms in total. The molecule has 2 aromatic heterocycles. The number of aromatic nitrogens is 2. The van der Waals surface area contributed by atoms with Crippen LogP contribution < -0.4 is 4.74 Å². The monoisotopic (exact) mass is 395 g/mol. The van der Waals surface area contributed by atoms with Gasteiger partial charge in [0.2, 0.25) is 5.90 Å². The van der Waals surface area contributed by atoms with E-state index < -0.39 is 12.6 Å². The van der Waals surface area contributed by atoms with Crippen LogP contribution in [0.1, 0.15) is 11.3 Å². The Balaban J connectivity index is 1.75. The minimum Gasteiger partial charge on any atom is -0.434 e. The van der Waals surface area contributed by atoms with Crippen molar-refractivity contribution in [3.05, 3.63) is 57.9 Å². The molecular formula is C16H8ClF2N3O3S. The summed E-state index contributed by atoms with van der Waals surface area (Å²) in [6, 6.07) is 5.92. The molecule has 10 heteroatoms. The number of cyclic esters (lactones) is 1. The maximum Gasteiger partial charge on any atom is 0.387 e. The first-order valence-corrected chi connectivity index (χ1v) is 8.46. The van der Waals surface area contributed by atoms with Gasteiger partial charge in [0.1, 0.15) is 5.75 Å². The van der Waals surface area contributed by atoms with Gasteiger partial charge in [-0.15, -0.1) is 11.3 Å². The SMILES string of the molecule is O=C1OC(c2ccccc2OC(F)F)=NC1=Cc1c(Cl)nc2sccn12. The average Bonchev–Trinajstić information content (AvgIpc) is 3.25. The zero-order valence-corrected chi connectivity index (χ0v) is 14.3. The number of benzene rings is 1. The van der Waals surface area contributed by atoms with Gasteiger partial charge in [-0.2, -0.15) is 8.78 Å². The van der Waals surface area contributed by atoms with Crippen LogP contribution in [0.5, 0.6) is 5.75 Å². The van der Waals surface area contributed by atoms with Gasteiger partial charge in [0, 0.05) is 11.6 Å². The Morgan fingerprint density at radius 2 is 2.15 bits per heavy atom. The fourth-order valence-electron chi connectivity index (χ4n) is 2.40. The molecular weight excluding hydrogens is 388 g/mol. The molecule has 1 aliphatic heterocycles. The maximum atomic E-state index is 12.6. The number of halogens is 3. The number of hydrogen-bond donors (Lipinski definition) is 0. The van der Waals surface area contributed by atoms with E-state index >= 15 is 0 Å². The van der Waals surface area contributed by atoms with Crippen molar-refractivity contribution in [1.29, 1.82) is 0 Å². The third-order valence-corrected chi connectivity index (χ3v) is 4.52. The number of para-hydroxylation sites is 1. The molecule has 0 atom stereocenters. The lowest BCUT2D eigenvalue weighted by atomic mass is 10.2. The minimum atomic E-state index is -3.01. The van der Waals surface area contributed by atoms with Crippen molar-refractivity contribution < 1.29 is 23.0 Å². The Labute approximate surface area is 154 Å². The van der Waals surface area contributed by atoms with Crippen molar-refractivity contribution in [2.24, 2.45) is 4.99 Å². The van der Waals surface area contributed by atoms with Gasteiger partial charge in [-0.3, -0.25) is 4.40 Å². The molecule has 0 fully saturated rings. The lowest BCUT2D eigenvalue weighted by Gasteiger charge is -2.08. The predicted octanol–water partition coefficient (Wildman–Crippen LogP) is 4.00. The van der Waals surface area contributed by atoms with Gasteiger partial charge in [0.15, 0.2) is 15.8 Å². The largest absolute Gasteiger partial charge is 0.434 e. The van der Waals surface area contributed by atoms with Crippen molar-refractivity contribution >= 4 is 45.8 Å². The van der Waals surface area contributed by atoms with Crippen LogP contribution in [-0.4, -0.2) is 27.9 Å². The number of rotatable bonds is 4. The highest BCUT2D eigenvalue weighted by atomic mass is 35.5. The van der Waals surface area contributed by atoms with Crippen molar-refractivity contribution in [2.45, 2.75) is 6.61 Å². The molecule has 26 heavy (non-hydrogen) atoms. The van der Waals surface area contributed by atoms with E-state index in [9.17, 15) is 13.6 Å². The van der Waals surface area contributed by atoms with Crippen molar-refractivity contribution in [2.75, 3.05) is 0 Å². The number of ether oxygens (including phenoxy) is 2. The highest BCUT2D eigenvalue weighted by Crippen LogP contribution is 2.28. The number of hydrogen-bond acceptors (Lipinski definition) is 6. The van der Waals surface area contributed by atoms with Crippen LogP contribution in [0.15, 0.2) is 46.5 Å². The van der Waals surface area contributed by atoms with Gasteiger partial charge in [-0.25, -0.2) is 14.8 Å². The summed E-state index contributed by atoms with van der Waals surface area (Å²) in [7, 11) is 0. The average molecular weight is 396 g/mol. The molecule has 3 heterocycles. The summed E-state index contributed by atoms with van der Waals surface area (Å²) in [4.78, 5) is 21.1. The molecule has 0 saturated heterocycles. The highest BCUT2D eigenvalue weighted by Gasteiger charge is 2.27. The smallest absolute Gasteiger partial charge is 0.387 e. The first-order valence-electron chi connectivity index (χ1n) is 7.21. The summed E-state index contributed by atoms with van der Waals surface area (Å²) in [5, 5.41) is 2.03. The third-order valence-electron chi connectivity index (χ3n) is 3.48. The van der Waals surface area contributed by atoms with E-state index in [4.69, 9.17) is 16.3 Å². The van der Waals surface area contributed by atoms with E-state index in [1.54, 1.807) is 16.7 Å². The summed E-state index contributed by atoms with van der Waals surface area (Å²) in [6.45, 7) is -3.01. The van der Waals surface area contributed by atoms with Gasteiger partial charge in [-0.05, 0) is 18.2 Å². The van der Waals surface area contributed by atoms with Crippen LogP contribution in [0.2, 0.25) is 5.15 Å². The molecule has 1 aliphatic rings. The van der Waals surface area contributed by atoms with Crippen molar-refractivity contribution in [3.8, 4) is 5.75 Å². The Hall–Kier alpha value is -2.78. The normalized spacial score (nSPS) is 15.8. The highest BCUT2D eigenvalue weighted by molar-refractivity contribution is 7.15. The van der Waals surface area contributed by atoms with E-state index in [-0.39, 0.29) is 28.1 Å². The van der Waals surface area contributed by atoms with E-state index in [0.717, 1.165) is 0 Å². The number of imidazole rings is 1. The Bertz CT molecular complexity index is 1070. The number of fused-ring (bicyclic) bond motifs is 1. The van der Waals surface area contributed by atoms with Crippen LogP contribution in [0, 0.1) is 0 Å². The molecule has 132 valence electrons. The summed E-state index contributed by atoms with van der Waals surface area (Å²) in [5.41, 5.74) is 0.586. The number of thiazole rings is 1. The molecule has 0 bridgehead atoms. The lowest BCUT2D eigenvalue weighted by Crippen LogP contribution is -2.10. The number of carbonyl (C=O) groups is 1. The number of esters is 1. The molecule has 0 radical (unpaired) electrons. The zero-order chi connectivity index (χ0) is 18.3. The minimum absolute atomic E-state index is 0.0262. The van der Waals surface area contributed by atoms with Crippen LogP contribution in [0.25, 0.3) is 11.0 Å². The molecule has 1 aromatic carbocycles. The first-order chi connectivity index (χ1) is 12.5. The Morgan fingerprint density at radius 3 is 2.96 bits per heavy atom. The van der Waals surface area contributed by atoms with Gasteiger partial charge in [0.25, 0.3) is 0 Å². The van der Waals surface area contributed by atoms with E-state index in [1.807, 2.05) is 5.38 Å². The Kier molecular flexibility index (Phi) is 4.17. The van der Waals surface area contributed by atoms with Crippen LogP contribution in [-0.2, 0) is 9.53 Å². The molecule has 0 amide bonds. The summed E-state index contributed by atoms with van der Waals surface area (Å²) < 4.78 is 36.4. The standard InChI is InChI=1S/C16H8ClF2N3O3S/c17-12-10(22-5-6-26-16(22)21-12)7-9-14(23)25-13(20-9)8-3-1-2-4-11(8)24-15(18)19/h1-7,15H. The van der Waals surface area contributed by atoms with Crippen LogP contribution in [0.4, 0.5) is 8.78 Å². The zero-order valence-electron chi connectivity index (χ0n) is 12.7. The third kappa shape index (κ3) is 2.95. The summed E-state index contributed by atoms with van der Waals surface area (Å²) in [5.74, 6) is -0.995. The van der Waals surface area contributed by atoms with Crippen LogP contribution >= 0.6 is 22.9 Å². The number of aliphatic imine (C=N–C) groups is 1. The number of nitrogens with zero attached hydrogens (tertiary/aromatic N) is 3. The lowest BCUT2D eigenvalue weighted by molar-refractivity contribution is -0.129. The van der Waals surface area contributed by atoms with Crippen molar-refractivity contribution in [1.82, 2.24) is 9.38 Å². The summed E-state index contributed by atoms with van der Waals surface area (Å²) >= 11 is 7.48. The summed E-state index contributed by atoms with van der Waals surface area (Å²) in [6.07, 6.45) is 3.18. The first kappa shape index (κ1) is 16.7. The molecule has 0 N–H and O–H groups in total. The molecule has 0 aliphatic carbocycles. The fraction of sp³-hybridized carbons (Fsp3) is 0.0625.